The third kappa shape index (κ3) is 7.68. The number of ether oxygens (including phenoxy) is 2. The Hall–Kier alpha value is -4.30. The maximum absolute atomic E-state index is 13.7. The third-order valence-electron chi connectivity index (χ3n) is 6.86. The smallest absolute Gasteiger partial charge is 0.262 e. The van der Waals surface area contributed by atoms with Crippen molar-refractivity contribution >= 4 is 60.3 Å². The van der Waals surface area contributed by atoms with Crippen molar-refractivity contribution in [3.05, 3.63) is 102 Å². The quantitative estimate of drug-likeness (QED) is 0.192. The first-order chi connectivity index (χ1) is 21.6. The Labute approximate surface area is 267 Å². The number of sulfonamides is 2. The molecule has 0 spiro atoms. The fraction of sp³-hybridized carbons (Fsp3) is 0.194. The van der Waals surface area contributed by atoms with E-state index in [1.807, 2.05) is 11.8 Å². The van der Waals surface area contributed by atoms with E-state index in [4.69, 9.17) is 21.1 Å². The summed E-state index contributed by atoms with van der Waals surface area (Å²) in [4.78, 5) is 15.6. The van der Waals surface area contributed by atoms with E-state index in [-0.39, 0.29) is 37.4 Å². The highest BCUT2D eigenvalue weighted by molar-refractivity contribution is 7.93. The summed E-state index contributed by atoms with van der Waals surface area (Å²) in [7, 11) is -8.17. The number of hydrogen-bond donors (Lipinski definition) is 3. The molecule has 1 aliphatic heterocycles. The van der Waals surface area contributed by atoms with Crippen LogP contribution < -0.4 is 24.4 Å². The normalized spacial score (nSPS) is 13.6. The van der Waals surface area contributed by atoms with Crippen LogP contribution in [0.25, 0.3) is 0 Å². The number of carbonyl (C=O) groups is 1. The van der Waals surface area contributed by atoms with E-state index < -0.39 is 26.0 Å². The van der Waals surface area contributed by atoms with Gasteiger partial charge in [0, 0.05) is 13.1 Å². The topological polar surface area (TPSA) is 143 Å². The van der Waals surface area contributed by atoms with Crippen LogP contribution in [0.5, 0.6) is 5.75 Å². The number of amides is 1. The maximum Gasteiger partial charge on any atom is 0.262 e. The molecule has 0 saturated carbocycles. The molecule has 4 aromatic rings. The highest BCUT2D eigenvalue weighted by atomic mass is 35.5. The number of morpholine rings is 1. The zero-order chi connectivity index (χ0) is 32.0. The fourth-order valence-corrected chi connectivity index (χ4v) is 7.08. The number of anilines is 4. The lowest BCUT2D eigenvalue weighted by atomic mass is 10.1. The van der Waals surface area contributed by atoms with E-state index in [1.165, 1.54) is 42.5 Å². The fourth-order valence-electron chi connectivity index (χ4n) is 4.66. The van der Waals surface area contributed by atoms with Crippen molar-refractivity contribution in [2.24, 2.45) is 0 Å². The number of benzene rings is 4. The number of halogens is 1. The van der Waals surface area contributed by atoms with E-state index >= 15 is 0 Å². The number of hydrogen-bond acceptors (Lipinski definition) is 8. The van der Waals surface area contributed by atoms with Crippen LogP contribution in [0.1, 0.15) is 17.3 Å². The summed E-state index contributed by atoms with van der Waals surface area (Å²) in [6.45, 7) is 4.21. The number of nitrogens with one attached hydrogen (secondary N) is 3. The van der Waals surface area contributed by atoms with Gasteiger partial charge in [0.15, 0.2) is 0 Å². The van der Waals surface area contributed by atoms with Crippen molar-refractivity contribution in [2.45, 2.75) is 16.7 Å². The van der Waals surface area contributed by atoms with Crippen LogP contribution in [-0.4, -0.2) is 55.7 Å². The van der Waals surface area contributed by atoms with Crippen molar-refractivity contribution in [1.29, 1.82) is 0 Å². The molecule has 0 aliphatic carbocycles. The molecule has 0 unspecified atom stereocenters. The molecule has 5 rings (SSSR count). The van der Waals surface area contributed by atoms with Gasteiger partial charge in [-0.3, -0.25) is 14.2 Å². The second kappa shape index (κ2) is 13.8. The Morgan fingerprint density at radius 2 is 1.40 bits per heavy atom. The van der Waals surface area contributed by atoms with Crippen LogP contribution in [0.3, 0.4) is 0 Å². The van der Waals surface area contributed by atoms with Crippen LogP contribution >= 0.6 is 11.6 Å². The van der Waals surface area contributed by atoms with E-state index in [1.54, 1.807) is 48.5 Å². The minimum atomic E-state index is -4.11. The molecule has 45 heavy (non-hydrogen) atoms. The molecular weight excluding hydrogens is 640 g/mol. The molecule has 0 radical (unpaired) electrons. The van der Waals surface area contributed by atoms with Gasteiger partial charge in [-0.05, 0) is 73.7 Å². The first-order valence-electron chi connectivity index (χ1n) is 14.0. The molecule has 4 aromatic carbocycles. The predicted molar refractivity (Wildman–Crippen MR) is 175 cm³/mol. The van der Waals surface area contributed by atoms with Gasteiger partial charge >= 0.3 is 0 Å². The van der Waals surface area contributed by atoms with E-state index in [9.17, 15) is 21.6 Å². The number of para-hydroxylation sites is 2. The van der Waals surface area contributed by atoms with Gasteiger partial charge in [-0.2, -0.15) is 0 Å². The molecule has 1 heterocycles. The van der Waals surface area contributed by atoms with Crippen molar-refractivity contribution < 1.29 is 31.1 Å². The molecule has 3 N–H and O–H groups in total. The SMILES string of the molecule is CCOc1ccc(S(=O)(=O)Nc2ccccc2C(=O)Nc2cc(S(=O)(=O)Nc3ccccc3Cl)ccc2N2CCOCC2)cc1. The Kier molecular flexibility index (Phi) is 9.83. The molecule has 14 heteroatoms. The maximum atomic E-state index is 13.7. The van der Waals surface area contributed by atoms with Crippen molar-refractivity contribution in [3.63, 3.8) is 0 Å². The van der Waals surface area contributed by atoms with Crippen LogP contribution in [0.4, 0.5) is 22.7 Å². The minimum Gasteiger partial charge on any atom is -0.494 e. The van der Waals surface area contributed by atoms with Gasteiger partial charge in [0.25, 0.3) is 26.0 Å². The molecule has 11 nitrogen and oxygen atoms in total. The zero-order valence-corrected chi connectivity index (χ0v) is 26.6. The second-order valence-electron chi connectivity index (χ2n) is 9.87. The molecular formula is C31H31ClN4O7S2. The molecule has 0 atom stereocenters. The second-order valence-corrected chi connectivity index (χ2v) is 13.6. The number of carbonyl (C=O) groups excluding carboxylic acids is 1. The van der Waals surface area contributed by atoms with Crippen molar-refractivity contribution in [1.82, 2.24) is 0 Å². The van der Waals surface area contributed by atoms with Gasteiger partial charge < -0.3 is 19.7 Å². The Morgan fingerprint density at radius 3 is 2.09 bits per heavy atom. The predicted octanol–water partition coefficient (Wildman–Crippen LogP) is 5.43. The van der Waals surface area contributed by atoms with Crippen LogP contribution in [-0.2, 0) is 24.8 Å². The summed E-state index contributed by atoms with van der Waals surface area (Å²) in [5, 5.41) is 3.03. The Morgan fingerprint density at radius 1 is 0.800 bits per heavy atom. The van der Waals surface area contributed by atoms with Crippen molar-refractivity contribution in [3.8, 4) is 5.75 Å². The van der Waals surface area contributed by atoms with Crippen LogP contribution in [0.15, 0.2) is 101 Å². The largest absolute Gasteiger partial charge is 0.494 e. The van der Waals surface area contributed by atoms with Gasteiger partial charge in [0.2, 0.25) is 0 Å². The summed E-state index contributed by atoms with van der Waals surface area (Å²) in [6.07, 6.45) is 0. The molecule has 0 aromatic heterocycles. The third-order valence-corrected chi connectivity index (χ3v) is 9.93. The zero-order valence-electron chi connectivity index (χ0n) is 24.2. The summed E-state index contributed by atoms with van der Waals surface area (Å²) in [5.74, 6) is -0.123. The van der Waals surface area contributed by atoms with Gasteiger partial charge in [-0.15, -0.1) is 0 Å². The monoisotopic (exact) mass is 670 g/mol. The minimum absolute atomic E-state index is 0.0142. The van der Waals surface area contributed by atoms with E-state index in [0.29, 0.717) is 44.3 Å². The summed E-state index contributed by atoms with van der Waals surface area (Å²) in [5.41, 5.74) is 1.07. The summed E-state index contributed by atoms with van der Waals surface area (Å²) >= 11 is 6.18. The molecule has 236 valence electrons. The van der Waals surface area contributed by atoms with E-state index in [2.05, 4.69) is 14.8 Å². The summed E-state index contributed by atoms with van der Waals surface area (Å²) < 4.78 is 69.0. The standard InChI is InChI=1S/C31H31ClN4O7S2/c1-2-43-22-11-13-23(14-12-22)44(38,39)34-27-9-5-3-7-25(27)31(37)33-29-21-24(15-16-30(29)36-17-19-42-20-18-36)45(40,41)35-28-10-6-4-8-26(28)32/h3-16,21,34-35H,2,17-20H2,1H3,(H,33,37). The highest BCUT2D eigenvalue weighted by Crippen LogP contribution is 2.33. The lowest BCUT2D eigenvalue weighted by Gasteiger charge is -2.31. The van der Waals surface area contributed by atoms with Crippen molar-refractivity contribution in [2.75, 3.05) is 52.6 Å². The first-order valence-corrected chi connectivity index (χ1v) is 17.3. The van der Waals surface area contributed by atoms with Gasteiger partial charge in [-0.1, -0.05) is 35.9 Å². The molecule has 1 amide bonds. The van der Waals surface area contributed by atoms with Gasteiger partial charge in [0.05, 0.1) is 62.9 Å². The average molecular weight is 671 g/mol. The van der Waals surface area contributed by atoms with Crippen LogP contribution in [0.2, 0.25) is 5.02 Å². The molecule has 1 saturated heterocycles. The van der Waals surface area contributed by atoms with Gasteiger partial charge in [-0.25, -0.2) is 16.8 Å². The Balaban J connectivity index is 1.45. The molecule has 1 aliphatic rings. The lowest BCUT2D eigenvalue weighted by Crippen LogP contribution is -2.36. The molecule has 0 bridgehead atoms. The Bertz CT molecular complexity index is 1900. The first kappa shape index (κ1) is 32.1. The highest BCUT2D eigenvalue weighted by Gasteiger charge is 2.24. The van der Waals surface area contributed by atoms with E-state index in [0.717, 1.165) is 0 Å². The average Bonchev–Trinajstić information content (AvgIpc) is 3.03. The lowest BCUT2D eigenvalue weighted by molar-refractivity contribution is 0.102. The number of rotatable bonds is 11. The summed E-state index contributed by atoms with van der Waals surface area (Å²) in [6, 6.07) is 22.9. The molecule has 1 fully saturated rings. The van der Waals surface area contributed by atoms with Crippen LogP contribution in [0, 0.1) is 0 Å². The number of nitrogens with zero attached hydrogens (tertiary/aromatic N) is 1. The van der Waals surface area contributed by atoms with Gasteiger partial charge in [0.1, 0.15) is 5.75 Å².